The lowest BCUT2D eigenvalue weighted by atomic mass is 10.0. The van der Waals surface area contributed by atoms with Gasteiger partial charge in [0.1, 0.15) is 11.5 Å². The van der Waals surface area contributed by atoms with Crippen LogP contribution >= 0.6 is 23.2 Å². The molecule has 1 aromatic carbocycles. The molecule has 3 N–H and O–H groups in total. The van der Waals surface area contributed by atoms with Crippen molar-refractivity contribution in [1.82, 2.24) is 15.0 Å². The van der Waals surface area contributed by atoms with Gasteiger partial charge in [0.15, 0.2) is 0 Å². The fourth-order valence-electron chi connectivity index (χ4n) is 3.13. The molecule has 0 aliphatic heterocycles. The van der Waals surface area contributed by atoms with Crippen LogP contribution in [0.1, 0.15) is 12.6 Å². The topological polar surface area (TPSA) is 73.6 Å². The number of aryl methyl sites for hydroxylation is 1. The summed E-state index contributed by atoms with van der Waals surface area (Å²) in [6.07, 6.45) is 3.88. The zero-order valence-electron chi connectivity index (χ0n) is 14.7. The molecule has 0 spiro atoms. The second kappa shape index (κ2) is 7.30. The van der Waals surface area contributed by atoms with Gasteiger partial charge in [-0.1, -0.05) is 30.1 Å². The number of H-pyrrole nitrogens is 2. The van der Waals surface area contributed by atoms with Gasteiger partial charge in [0.05, 0.1) is 27.3 Å². The van der Waals surface area contributed by atoms with E-state index in [4.69, 9.17) is 23.2 Å². The first-order valence-corrected chi connectivity index (χ1v) is 9.33. The van der Waals surface area contributed by atoms with Gasteiger partial charge in [-0.05, 0) is 36.8 Å². The average Bonchev–Trinajstić information content (AvgIpc) is 3.07. The first-order chi connectivity index (χ1) is 13.5. The molecule has 0 radical (unpaired) electrons. The number of hydrogen-bond acceptors (Lipinski definition) is 3. The molecule has 0 saturated heterocycles. The number of anilines is 2. The molecule has 0 bridgehead atoms. The second-order valence-corrected chi connectivity index (χ2v) is 7.07. The number of halogens is 3. The molecular formula is C20H15Cl2FN4O. The Labute approximate surface area is 169 Å². The van der Waals surface area contributed by atoms with Crippen LogP contribution in [0.3, 0.4) is 0 Å². The van der Waals surface area contributed by atoms with Gasteiger partial charge in [-0.25, -0.2) is 9.37 Å². The van der Waals surface area contributed by atoms with E-state index in [1.807, 2.05) is 6.92 Å². The van der Waals surface area contributed by atoms with Crippen molar-refractivity contribution in [1.29, 1.82) is 0 Å². The predicted octanol–water partition coefficient (Wildman–Crippen LogP) is 5.67. The van der Waals surface area contributed by atoms with E-state index in [1.165, 1.54) is 18.2 Å². The molecule has 142 valence electrons. The van der Waals surface area contributed by atoms with Crippen LogP contribution in [-0.4, -0.2) is 15.0 Å². The first-order valence-electron chi connectivity index (χ1n) is 8.58. The SMILES string of the molecule is CCc1[nH]c(=O)c(-c2cc(Cl)ccc2F)cc1Nc1ccnc2[nH]cc(Cl)c12. The summed E-state index contributed by atoms with van der Waals surface area (Å²) in [5.41, 5.74) is 2.62. The van der Waals surface area contributed by atoms with Crippen molar-refractivity contribution in [3.8, 4) is 11.1 Å². The number of pyridine rings is 2. The van der Waals surface area contributed by atoms with Crippen LogP contribution in [0.15, 0.2) is 47.5 Å². The molecule has 5 nitrogen and oxygen atoms in total. The Morgan fingerprint density at radius 1 is 1.14 bits per heavy atom. The zero-order valence-corrected chi connectivity index (χ0v) is 16.2. The molecule has 0 fully saturated rings. The summed E-state index contributed by atoms with van der Waals surface area (Å²) >= 11 is 12.3. The van der Waals surface area contributed by atoms with Crippen LogP contribution < -0.4 is 10.9 Å². The summed E-state index contributed by atoms with van der Waals surface area (Å²) in [6, 6.07) is 7.52. The number of aromatic nitrogens is 3. The smallest absolute Gasteiger partial charge is 0.256 e. The maximum Gasteiger partial charge on any atom is 0.256 e. The third kappa shape index (κ3) is 3.25. The normalized spacial score (nSPS) is 11.1. The molecular weight excluding hydrogens is 402 g/mol. The van der Waals surface area contributed by atoms with Crippen molar-refractivity contribution in [2.24, 2.45) is 0 Å². The highest BCUT2D eigenvalue weighted by molar-refractivity contribution is 6.36. The van der Waals surface area contributed by atoms with Gasteiger partial charge in [0.25, 0.3) is 5.56 Å². The van der Waals surface area contributed by atoms with Crippen LogP contribution in [0, 0.1) is 5.82 Å². The van der Waals surface area contributed by atoms with Crippen molar-refractivity contribution in [3.05, 3.63) is 74.6 Å². The molecule has 0 aliphatic carbocycles. The maximum atomic E-state index is 14.3. The minimum absolute atomic E-state index is 0.138. The van der Waals surface area contributed by atoms with Gasteiger partial charge in [-0.15, -0.1) is 0 Å². The molecule has 0 aliphatic rings. The van der Waals surface area contributed by atoms with E-state index in [1.54, 1.807) is 24.5 Å². The number of fused-ring (bicyclic) bond motifs is 1. The lowest BCUT2D eigenvalue weighted by molar-refractivity contribution is 0.631. The van der Waals surface area contributed by atoms with E-state index in [2.05, 4.69) is 20.3 Å². The fourth-order valence-corrected chi connectivity index (χ4v) is 3.55. The van der Waals surface area contributed by atoms with Crippen molar-refractivity contribution in [3.63, 3.8) is 0 Å². The van der Waals surface area contributed by atoms with Crippen molar-refractivity contribution in [2.45, 2.75) is 13.3 Å². The standard InChI is InChI=1S/C20H15Cl2FN4O/c1-2-15-17(26-16-5-6-24-19-18(16)13(22)9-25-19)8-12(20(28)27-15)11-7-10(21)3-4-14(11)23/h3-9H,2H2,1H3,(H,27,28)(H2,24,25,26). The fraction of sp³-hybridized carbons (Fsp3) is 0.100. The highest BCUT2D eigenvalue weighted by Gasteiger charge is 2.15. The zero-order chi connectivity index (χ0) is 19.8. The van der Waals surface area contributed by atoms with E-state index in [0.717, 1.165) is 11.1 Å². The van der Waals surface area contributed by atoms with Crippen LogP contribution in [0.4, 0.5) is 15.8 Å². The van der Waals surface area contributed by atoms with Crippen LogP contribution in [0.5, 0.6) is 0 Å². The van der Waals surface area contributed by atoms with E-state index < -0.39 is 5.82 Å². The predicted molar refractivity (Wildman–Crippen MR) is 111 cm³/mol. The van der Waals surface area contributed by atoms with Crippen molar-refractivity contribution >= 4 is 45.6 Å². The van der Waals surface area contributed by atoms with Crippen molar-refractivity contribution < 1.29 is 4.39 Å². The number of aromatic amines is 2. The average molecular weight is 417 g/mol. The molecule has 4 aromatic rings. The van der Waals surface area contributed by atoms with E-state index in [9.17, 15) is 9.18 Å². The highest BCUT2D eigenvalue weighted by atomic mass is 35.5. The minimum atomic E-state index is -0.523. The van der Waals surface area contributed by atoms with Gasteiger partial charge in [-0.3, -0.25) is 4.79 Å². The van der Waals surface area contributed by atoms with Crippen molar-refractivity contribution in [2.75, 3.05) is 5.32 Å². The van der Waals surface area contributed by atoms with Gasteiger partial charge in [0, 0.05) is 28.7 Å². The Kier molecular flexibility index (Phi) is 4.83. The summed E-state index contributed by atoms with van der Waals surface area (Å²) in [7, 11) is 0. The van der Waals surface area contributed by atoms with E-state index in [0.29, 0.717) is 33.5 Å². The summed E-state index contributed by atoms with van der Waals surface area (Å²) in [4.78, 5) is 22.6. The number of nitrogens with zero attached hydrogens (tertiary/aromatic N) is 1. The van der Waals surface area contributed by atoms with Crippen LogP contribution in [0.25, 0.3) is 22.2 Å². The summed E-state index contributed by atoms with van der Waals surface area (Å²) in [5, 5.41) is 4.89. The highest BCUT2D eigenvalue weighted by Crippen LogP contribution is 2.33. The summed E-state index contributed by atoms with van der Waals surface area (Å²) in [5.74, 6) is -0.523. The third-order valence-corrected chi connectivity index (χ3v) is 5.02. The number of hydrogen-bond donors (Lipinski definition) is 3. The molecule has 8 heteroatoms. The Morgan fingerprint density at radius 2 is 1.96 bits per heavy atom. The monoisotopic (exact) mass is 416 g/mol. The molecule has 0 amide bonds. The Bertz CT molecular complexity index is 1250. The Morgan fingerprint density at radius 3 is 2.75 bits per heavy atom. The van der Waals surface area contributed by atoms with Crippen LogP contribution in [-0.2, 0) is 6.42 Å². The third-order valence-electron chi connectivity index (χ3n) is 4.49. The van der Waals surface area contributed by atoms with Crippen LogP contribution in [0.2, 0.25) is 10.0 Å². The molecule has 4 rings (SSSR count). The maximum absolute atomic E-state index is 14.3. The van der Waals surface area contributed by atoms with Gasteiger partial charge in [0.2, 0.25) is 0 Å². The largest absolute Gasteiger partial charge is 0.353 e. The molecule has 3 heterocycles. The Balaban J connectivity index is 1.88. The lowest BCUT2D eigenvalue weighted by Gasteiger charge is -2.14. The molecule has 0 saturated carbocycles. The van der Waals surface area contributed by atoms with Gasteiger partial charge in [-0.2, -0.15) is 0 Å². The molecule has 3 aromatic heterocycles. The number of rotatable bonds is 4. The molecule has 28 heavy (non-hydrogen) atoms. The van der Waals surface area contributed by atoms with E-state index >= 15 is 0 Å². The second-order valence-electron chi connectivity index (χ2n) is 6.23. The Hall–Kier alpha value is -2.83. The summed E-state index contributed by atoms with van der Waals surface area (Å²) in [6.45, 7) is 1.92. The summed E-state index contributed by atoms with van der Waals surface area (Å²) < 4.78 is 14.3. The van der Waals surface area contributed by atoms with Gasteiger partial charge < -0.3 is 15.3 Å². The molecule has 0 unspecified atom stereocenters. The minimum Gasteiger partial charge on any atom is -0.353 e. The first kappa shape index (κ1) is 18.5. The number of nitrogens with one attached hydrogen (secondary N) is 3. The molecule has 0 atom stereocenters. The van der Waals surface area contributed by atoms with E-state index in [-0.39, 0.29) is 16.7 Å². The lowest BCUT2D eigenvalue weighted by Crippen LogP contribution is -2.14. The number of benzene rings is 1. The quantitative estimate of drug-likeness (QED) is 0.401. The van der Waals surface area contributed by atoms with Gasteiger partial charge >= 0.3 is 0 Å².